The summed E-state index contributed by atoms with van der Waals surface area (Å²) >= 11 is 7.68. The van der Waals surface area contributed by atoms with E-state index in [2.05, 4.69) is 4.99 Å². The lowest BCUT2D eigenvalue weighted by molar-refractivity contribution is -0.118. The zero-order chi connectivity index (χ0) is 17.5. The van der Waals surface area contributed by atoms with Gasteiger partial charge in [-0.15, -0.1) is 0 Å². The van der Waals surface area contributed by atoms with Gasteiger partial charge in [-0.1, -0.05) is 49.3 Å². The van der Waals surface area contributed by atoms with Crippen LogP contribution >= 0.6 is 23.4 Å². The fourth-order valence-corrected chi connectivity index (χ4v) is 7.15. The number of hydrogen-bond acceptors (Lipinski definition) is 4. The number of para-hydroxylation sites is 1. The molecule has 0 aromatic heterocycles. The van der Waals surface area contributed by atoms with Crippen molar-refractivity contribution >= 4 is 50.0 Å². The summed E-state index contributed by atoms with van der Waals surface area (Å²) in [7, 11) is -3.08. The smallest absolute Gasteiger partial charge is 0.248 e. The molecular formula is C16H19ClN2O3S2. The minimum atomic E-state index is -3.08. The van der Waals surface area contributed by atoms with E-state index in [0.717, 1.165) is 0 Å². The van der Waals surface area contributed by atoms with Crippen LogP contribution in [-0.2, 0) is 14.6 Å². The normalized spacial score (nSPS) is 27.0. The average molecular weight is 387 g/mol. The van der Waals surface area contributed by atoms with Crippen molar-refractivity contribution in [2.24, 2.45) is 10.9 Å². The van der Waals surface area contributed by atoms with E-state index in [-0.39, 0.29) is 34.6 Å². The van der Waals surface area contributed by atoms with E-state index in [9.17, 15) is 13.2 Å². The van der Waals surface area contributed by atoms with E-state index in [1.54, 1.807) is 6.07 Å². The molecule has 24 heavy (non-hydrogen) atoms. The van der Waals surface area contributed by atoms with Crippen LogP contribution in [0.25, 0.3) is 0 Å². The molecule has 3 rings (SSSR count). The summed E-state index contributed by atoms with van der Waals surface area (Å²) in [5.74, 6) is 0.211. The van der Waals surface area contributed by atoms with Gasteiger partial charge in [0.05, 0.1) is 28.3 Å². The molecule has 0 radical (unpaired) electrons. The lowest BCUT2D eigenvalue weighted by Crippen LogP contribution is -2.37. The Morgan fingerprint density at radius 1 is 1.38 bits per heavy atom. The zero-order valence-electron chi connectivity index (χ0n) is 13.5. The van der Waals surface area contributed by atoms with Gasteiger partial charge in [0.15, 0.2) is 15.0 Å². The summed E-state index contributed by atoms with van der Waals surface area (Å²) in [6, 6.07) is 7.02. The van der Waals surface area contributed by atoms with Crippen LogP contribution in [0.4, 0.5) is 5.69 Å². The number of hydrogen-bond donors (Lipinski definition) is 0. The third-order valence-electron chi connectivity index (χ3n) is 3.98. The van der Waals surface area contributed by atoms with E-state index >= 15 is 0 Å². The lowest BCUT2D eigenvalue weighted by atomic mass is 10.1. The molecule has 5 nitrogen and oxygen atoms in total. The van der Waals surface area contributed by atoms with E-state index in [1.807, 2.05) is 36.9 Å². The summed E-state index contributed by atoms with van der Waals surface area (Å²) in [6.07, 6.45) is 0.369. The second-order valence-corrected chi connectivity index (χ2v) is 10.3. The minimum absolute atomic E-state index is 0.0628. The van der Waals surface area contributed by atoms with Crippen LogP contribution < -0.4 is 4.90 Å². The Morgan fingerprint density at radius 2 is 2.08 bits per heavy atom. The standard InChI is InChI=1S/C16H19ClN2O3S2/c1-10(2)7-15(20)18-16-19(12-6-4-3-5-11(12)17)13-8-24(21,22)9-14(13)23-16/h3-6,10,13-14H,7-9H2,1-2H3. The Hall–Kier alpha value is -1.05. The number of nitrogens with zero attached hydrogens (tertiary/aromatic N) is 2. The predicted molar refractivity (Wildman–Crippen MR) is 99.6 cm³/mol. The Bertz CT molecular complexity index is 792. The Morgan fingerprint density at radius 3 is 2.75 bits per heavy atom. The molecule has 2 saturated heterocycles. The molecule has 2 unspecified atom stereocenters. The van der Waals surface area contributed by atoms with Crippen molar-refractivity contribution in [1.29, 1.82) is 0 Å². The van der Waals surface area contributed by atoms with Crippen LogP contribution in [0.15, 0.2) is 29.3 Å². The fraction of sp³-hybridized carbons (Fsp3) is 0.500. The molecule has 2 fully saturated rings. The van der Waals surface area contributed by atoms with Crippen molar-refractivity contribution in [3.63, 3.8) is 0 Å². The van der Waals surface area contributed by atoms with Gasteiger partial charge in [-0.25, -0.2) is 8.42 Å². The van der Waals surface area contributed by atoms with Crippen LogP contribution in [0.2, 0.25) is 5.02 Å². The number of carbonyl (C=O) groups is 1. The van der Waals surface area contributed by atoms with Crippen LogP contribution in [0.5, 0.6) is 0 Å². The third kappa shape index (κ3) is 3.63. The fourth-order valence-electron chi connectivity index (χ4n) is 2.99. The maximum absolute atomic E-state index is 12.1. The van der Waals surface area contributed by atoms with Crippen LogP contribution in [-0.4, -0.2) is 42.3 Å². The van der Waals surface area contributed by atoms with Crippen LogP contribution in [0.3, 0.4) is 0 Å². The molecule has 0 aliphatic carbocycles. The molecule has 1 aromatic rings. The molecule has 130 valence electrons. The molecule has 2 aliphatic rings. The lowest BCUT2D eigenvalue weighted by Gasteiger charge is -2.25. The van der Waals surface area contributed by atoms with Gasteiger partial charge in [-0.05, 0) is 18.1 Å². The Labute approximate surface area is 151 Å². The van der Waals surface area contributed by atoms with Gasteiger partial charge < -0.3 is 4.90 Å². The Kier molecular flexibility index (Phi) is 4.95. The van der Waals surface area contributed by atoms with Crippen molar-refractivity contribution in [2.45, 2.75) is 31.6 Å². The van der Waals surface area contributed by atoms with Crippen molar-refractivity contribution in [1.82, 2.24) is 0 Å². The number of anilines is 1. The highest BCUT2D eigenvalue weighted by Crippen LogP contribution is 2.42. The molecule has 1 amide bonds. The van der Waals surface area contributed by atoms with Crippen molar-refractivity contribution in [3.05, 3.63) is 29.3 Å². The number of aliphatic imine (C=N–C) groups is 1. The quantitative estimate of drug-likeness (QED) is 0.798. The number of sulfone groups is 1. The highest BCUT2D eigenvalue weighted by atomic mass is 35.5. The first kappa shape index (κ1) is 17.8. The number of fused-ring (bicyclic) bond motifs is 1. The number of amidine groups is 1. The number of thioether (sulfide) groups is 1. The predicted octanol–water partition coefficient (Wildman–Crippen LogP) is 2.99. The van der Waals surface area contributed by atoms with E-state index in [4.69, 9.17) is 11.6 Å². The maximum Gasteiger partial charge on any atom is 0.248 e. The average Bonchev–Trinajstić information content (AvgIpc) is 2.90. The third-order valence-corrected chi connectivity index (χ3v) is 7.51. The monoisotopic (exact) mass is 386 g/mol. The summed E-state index contributed by atoms with van der Waals surface area (Å²) in [4.78, 5) is 18.2. The molecular weight excluding hydrogens is 368 g/mol. The number of benzene rings is 1. The molecule has 8 heteroatoms. The van der Waals surface area contributed by atoms with E-state index < -0.39 is 9.84 Å². The van der Waals surface area contributed by atoms with Gasteiger partial charge in [-0.3, -0.25) is 4.79 Å². The first-order valence-electron chi connectivity index (χ1n) is 7.79. The topological polar surface area (TPSA) is 66.8 Å². The molecule has 0 spiro atoms. The molecule has 1 aromatic carbocycles. The van der Waals surface area contributed by atoms with Crippen LogP contribution in [0, 0.1) is 5.92 Å². The minimum Gasteiger partial charge on any atom is -0.314 e. The first-order chi connectivity index (χ1) is 11.3. The second kappa shape index (κ2) is 6.69. The number of halogens is 1. The molecule has 2 heterocycles. The van der Waals surface area contributed by atoms with Gasteiger partial charge in [0, 0.05) is 11.7 Å². The molecule has 0 bridgehead atoms. The first-order valence-corrected chi connectivity index (χ1v) is 10.9. The van der Waals surface area contributed by atoms with Gasteiger partial charge in [-0.2, -0.15) is 4.99 Å². The van der Waals surface area contributed by atoms with Crippen molar-refractivity contribution in [2.75, 3.05) is 16.4 Å². The molecule has 0 saturated carbocycles. The van der Waals surface area contributed by atoms with Crippen molar-refractivity contribution < 1.29 is 13.2 Å². The van der Waals surface area contributed by atoms with Gasteiger partial charge in [0.2, 0.25) is 5.91 Å². The van der Waals surface area contributed by atoms with Crippen LogP contribution in [0.1, 0.15) is 20.3 Å². The SMILES string of the molecule is CC(C)CC(=O)N=C1SC2CS(=O)(=O)CC2N1c1ccccc1Cl. The van der Waals surface area contributed by atoms with E-state index in [1.165, 1.54) is 11.8 Å². The molecule has 0 N–H and O–H groups in total. The number of amides is 1. The van der Waals surface area contributed by atoms with Gasteiger partial charge in [0.1, 0.15) is 0 Å². The zero-order valence-corrected chi connectivity index (χ0v) is 15.9. The second-order valence-electron chi connectivity index (χ2n) is 6.51. The Balaban J connectivity index is 1.99. The highest BCUT2D eigenvalue weighted by Gasteiger charge is 2.49. The molecule has 2 atom stereocenters. The van der Waals surface area contributed by atoms with Gasteiger partial charge in [0.25, 0.3) is 0 Å². The maximum atomic E-state index is 12.1. The summed E-state index contributed by atoms with van der Waals surface area (Å²) < 4.78 is 24.0. The highest BCUT2D eigenvalue weighted by molar-refractivity contribution is 8.16. The number of carbonyl (C=O) groups excluding carboxylic acids is 1. The van der Waals surface area contributed by atoms with Crippen molar-refractivity contribution in [3.8, 4) is 0 Å². The molecule has 2 aliphatic heterocycles. The van der Waals surface area contributed by atoms with E-state index in [0.29, 0.717) is 22.3 Å². The summed E-state index contributed by atoms with van der Waals surface area (Å²) in [5, 5.41) is 0.961. The summed E-state index contributed by atoms with van der Waals surface area (Å²) in [6.45, 7) is 3.93. The largest absolute Gasteiger partial charge is 0.314 e. The number of rotatable bonds is 3. The summed E-state index contributed by atoms with van der Waals surface area (Å²) in [5.41, 5.74) is 0.701. The van der Waals surface area contributed by atoms with Gasteiger partial charge >= 0.3 is 0 Å².